The van der Waals surface area contributed by atoms with Crippen LogP contribution in [-0.4, -0.2) is 68.2 Å². The van der Waals surface area contributed by atoms with Crippen LogP contribution in [0.5, 0.6) is 0 Å². The molecule has 2 fully saturated rings. The van der Waals surface area contributed by atoms with Crippen LogP contribution in [0.25, 0.3) is 11.7 Å². The zero-order valence-corrected chi connectivity index (χ0v) is 19.7. The number of thiocarbonyl (C=S) groups is 1. The highest BCUT2D eigenvalue weighted by molar-refractivity contribution is 8.26. The quantitative estimate of drug-likeness (QED) is 0.505. The van der Waals surface area contributed by atoms with E-state index in [2.05, 4.69) is 16.7 Å². The second-order valence-corrected chi connectivity index (χ2v) is 9.49. The van der Waals surface area contributed by atoms with Gasteiger partial charge in [-0.1, -0.05) is 43.9 Å². The smallest absolute Gasteiger partial charge is 0.267 e. The predicted molar refractivity (Wildman–Crippen MR) is 131 cm³/mol. The largest absolute Gasteiger partial charge is 0.353 e. The highest BCUT2D eigenvalue weighted by Gasteiger charge is 2.35. The van der Waals surface area contributed by atoms with E-state index in [1.54, 1.807) is 17.2 Å². The number of carbonyl (C=O) groups is 1. The molecule has 7 nitrogen and oxygen atoms in total. The maximum Gasteiger partial charge on any atom is 0.267 e. The monoisotopic (exact) mass is 457 g/mol. The summed E-state index contributed by atoms with van der Waals surface area (Å²) in [6, 6.07) is 5.54. The van der Waals surface area contributed by atoms with Crippen molar-refractivity contribution >= 4 is 51.7 Å². The van der Waals surface area contributed by atoms with Crippen molar-refractivity contribution in [1.82, 2.24) is 19.2 Å². The molecule has 2 aromatic heterocycles. The summed E-state index contributed by atoms with van der Waals surface area (Å²) in [7, 11) is 0. The minimum atomic E-state index is -0.174. The lowest BCUT2D eigenvalue weighted by atomic mass is 10.2. The van der Waals surface area contributed by atoms with Gasteiger partial charge >= 0.3 is 0 Å². The lowest BCUT2D eigenvalue weighted by Gasteiger charge is -2.35. The molecular weight excluding hydrogens is 430 g/mol. The molecule has 4 heterocycles. The van der Waals surface area contributed by atoms with E-state index in [1.807, 2.05) is 32.0 Å². The molecule has 2 saturated heterocycles. The van der Waals surface area contributed by atoms with E-state index >= 15 is 0 Å². The Morgan fingerprint density at radius 3 is 2.61 bits per heavy atom. The fourth-order valence-electron chi connectivity index (χ4n) is 3.91. The van der Waals surface area contributed by atoms with Crippen molar-refractivity contribution < 1.29 is 4.79 Å². The molecule has 2 aliphatic heterocycles. The molecule has 0 aromatic carbocycles. The summed E-state index contributed by atoms with van der Waals surface area (Å²) < 4.78 is 2.07. The molecule has 2 aliphatic rings. The Hall–Kier alpha value is -2.23. The van der Waals surface area contributed by atoms with E-state index in [0.29, 0.717) is 26.3 Å². The second-order valence-electron chi connectivity index (χ2n) is 7.81. The molecule has 1 atom stereocenters. The predicted octanol–water partition coefficient (Wildman–Crippen LogP) is 2.84. The first-order valence-corrected chi connectivity index (χ1v) is 11.9. The van der Waals surface area contributed by atoms with E-state index in [-0.39, 0.29) is 17.5 Å². The fourth-order valence-corrected chi connectivity index (χ4v) is 5.35. The Morgan fingerprint density at radius 2 is 1.94 bits per heavy atom. The first-order valence-electron chi connectivity index (χ1n) is 10.7. The van der Waals surface area contributed by atoms with Crippen LogP contribution in [0.15, 0.2) is 34.1 Å². The molecule has 1 amide bonds. The molecule has 0 radical (unpaired) electrons. The number of rotatable bonds is 5. The van der Waals surface area contributed by atoms with Gasteiger partial charge in [-0.05, 0) is 38.1 Å². The number of hydrogen-bond acceptors (Lipinski definition) is 7. The number of pyridine rings is 1. The van der Waals surface area contributed by atoms with Crippen molar-refractivity contribution in [3.8, 4) is 0 Å². The van der Waals surface area contributed by atoms with Gasteiger partial charge in [-0.15, -0.1) is 0 Å². The van der Waals surface area contributed by atoms with Crippen molar-refractivity contribution in [1.29, 1.82) is 0 Å². The average molecular weight is 458 g/mol. The minimum absolute atomic E-state index is 0.0239. The van der Waals surface area contributed by atoms with Gasteiger partial charge in [-0.2, -0.15) is 0 Å². The number of anilines is 1. The van der Waals surface area contributed by atoms with E-state index in [1.165, 1.54) is 16.2 Å². The van der Waals surface area contributed by atoms with Crippen molar-refractivity contribution in [2.24, 2.45) is 0 Å². The Bertz CT molecular complexity index is 1100. The molecule has 0 unspecified atom stereocenters. The maximum absolute atomic E-state index is 13.4. The first kappa shape index (κ1) is 22.0. The van der Waals surface area contributed by atoms with Gasteiger partial charge in [-0.25, -0.2) is 4.98 Å². The topological polar surface area (TPSA) is 61.2 Å². The second kappa shape index (κ2) is 9.10. The molecule has 9 heteroatoms. The zero-order valence-electron chi connectivity index (χ0n) is 18.1. The fraction of sp³-hybridized carbons (Fsp3) is 0.455. The Kier molecular flexibility index (Phi) is 6.45. The van der Waals surface area contributed by atoms with Crippen LogP contribution >= 0.6 is 24.0 Å². The standard InChI is InChI=1S/C22H27N5O2S2/c1-4-15(3)27-21(29)17(31-22(27)30)14-16-19(25-12-10-24(5-2)11-13-25)23-18-8-6-7-9-26(18)20(16)28/h6-9,14-15H,4-5,10-13H2,1-3H3/b17-14+/t15-/m0/s1. The maximum atomic E-state index is 13.4. The van der Waals surface area contributed by atoms with E-state index in [0.717, 1.165) is 39.1 Å². The molecule has 0 N–H and O–H groups in total. The number of aromatic nitrogens is 2. The third-order valence-electron chi connectivity index (χ3n) is 6.00. The van der Waals surface area contributed by atoms with Gasteiger partial charge in [0.25, 0.3) is 11.5 Å². The van der Waals surface area contributed by atoms with Crippen molar-refractivity contribution in [2.45, 2.75) is 33.2 Å². The van der Waals surface area contributed by atoms with Gasteiger partial charge in [0.15, 0.2) is 0 Å². The summed E-state index contributed by atoms with van der Waals surface area (Å²) in [6.07, 6.45) is 4.22. The number of carbonyl (C=O) groups excluding carboxylic acids is 1. The number of hydrogen-bond donors (Lipinski definition) is 0. The molecule has 31 heavy (non-hydrogen) atoms. The highest BCUT2D eigenvalue weighted by atomic mass is 32.2. The molecule has 0 bridgehead atoms. The normalized spacial score (nSPS) is 20.3. The summed E-state index contributed by atoms with van der Waals surface area (Å²) in [6.45, 7) is 10.6. The zero-order chi connectivity index (χ0) is 22.1. The lowest BCUT2D eigenvalue weighted by molar-refractivity contribution is -0.123. The molecule has 4 rings (SSSR count). The van der Waals surface area contributed by atoms with Crippen LogP contribution < -0.4 is 10.5 Å². The van der Waals surface area contributed by atoms with Crippen LogP contribution in [0, 0.1) is 0 Å². The van der Waals surface area contributed by atoms with Crippen LogP contribution in [-0.2, 0) is 4.79 Å². The third-order valence-corrected chi connectivity index (χ3v) is 7.33. The van der Waals surface area contributed by atoms with Gasteiger partial charge in [0.2, 0.25) is 0 Å². The number of amides is 1. The summed E-state index contributed by atoms with van der Waals surface area (Å²) in [5.41, 5.74) is 0.871. The lowest BCUT2D eigenvalue weighted by Crippen LogP contribution is -2.47. The molecule has 2 aromatic rings. The van der Waals surface area contributed by atoms with E-state index in [4.69, 9.17) is 17.2 Å². The first-order chi connectivity index (χ1) is 14.9. The van der Waals surface area contributed by atoms with Gasteiger partial charge in [0.05, 0.1) is 10.5 Å². The summed E-state index contributed by atoms with van der Waals surface area (Å²) >= 11 is 6.72. The van der Waals surface area contributed by atoms with Gasteiger partial charge in [-0.3, -0.25) is 18.9 Å². The number of fused-ring (bicyclic) bond motifs is 1. The van der Waals surface area contributed by atoms with E-state index in [9.17, 15) is 9.59 Å². The average Bonchev–Trinajstić information content (AvgIpc) is 3.08. The minimum Gasteiger partial charge on any atom is -0.353 e. The number of thioether (sulfide) groups is 1. The van der Waals surface area contributed by atoms with Gasteiger partial charge < -0.3 is 9.80 Å². The Morgan fingerprint density at radius 1 is 1.19 bits per heavy atom. The third kappa shape index (κ3) is 4.14. The summed E-state index contributed by atoms with van der Waals surface area (Å²) in [4.78, 5) is 38.0. The van der Waals surface area contributed by atoms with Crippen molar-refractivity contribution in [3.63, 3.8) is 0 Å². The molecule has 164 valence electrons. The van der Waals surface area contributed by atoms with E-state index < -0.39 is 0 Å². The number of piperazine rings is 1. The Labute approximate surface area is 191 Å². The van der Waals surface area contributed by atoms with Gasteiger partial charge in [0, 0.05) is 38.4 Å². The van der Waals surface area contributed by atoms with Crippen LogP contribution in [0.1, 0.15) is 32.8 Å². The number of nitrogens with zero attached hydrogens (tertiary/aromatic N) is 5. The van der Waals surface area contributed by atoms with Crippen molar-refractivity contribution in [2.75, 3.05) is 37.6 Å². The van der Waals surface area contributed by atoms with Gasteiger partial charge in [0.1, 0.15) is 15.8 Å². The highest BCUT2D eigenvalue weighted by Crippen LogP contribution is 2.35. The van der Waals surface area contributed by atoms with Crippen LogP contribution in [0.2, 0.25) is 0 Å². The summed E-state index contributed by atoms with van der Waals surface area (Å²) in [5.74, 6) is 0.504. The molecule has 0 spiro atoms. The SMILES string of the molecule is CC[C@H](C)N1C(=O)/C(=C\c2c(N3CCN(CC)CC3)nc3ccccn3c2=O)SC1=S. The molecule has 0 saturated carbocycles. The Balaban J connectivity index is 1.80. The summed E-state index contributed by atoms with van der Waals surface area (Å²) in [5, 5.41) is 0. The molecular formula is C22H27N5O2S2. The number of likely N-dealkylation sites (N-methyl/N-ethyl adjacent to an activating group) is 1. The van der Waals surface area contributed by atoms with Crippen LogP contribution in [0.4, 0.5) is 5.82 Å². The van der Waals surface area contributed by atoms with Crippen molar-refractivity contribution in [3.05, 3.63) is 45.2 Å². The van der Waals surface area contributed by atoms with Crippen LogP contribution in [0.3, 0.4) is 0 Å². The molecule has 0 aliphatic carbocycles.